The van der Waals surface area contributed by atoms with E-state index in [4.69, 9.17) is 16.7 Å². The molecule has 5 aromatic heterocycles. The van der Waals surface area contributed by atoms with E-state index in [1.807, 2.05) is 66.7 Å². The standard InChI is InChI=1S/C14H14F2N2.C7H6BrF2N.C7H6BrNO.C7H8F2N2.C7H9N.C6H3BrN2/c1-14(15,16)13-12(8-5-9-17-13)18-10-11-6-3-2-4-7-11;1-7(9,10)6-5(8)3-2-4-11-6;1-5(10)7-6(8)3-2-4-9-7;1-7(8,9)6-5(10)3-2-4-11-6;8-6-7-4-2-1-3-5-7;7-5-2-1-3-9-6(5)4-8/h2-9,18H,10H2,1H3;2-4H,1H3;2-4H,1H3;2-4H,10H2,1H3;1-5H,6,8H2;1-3H. The largest absolute Gasteiger partial charge is 0.397 e. The molecule has 0 saturated heterocycles. The summed E-state index contributed by atoms with van der Waals surface area (Å²) in [6.45, 7) is 5.07. The van der Waals surface area contributed by atoms with Crippen LogP contribution in [0.4, 0.5) is 37.7 Å². The Labute approximate surface area is 410 Å². The number of aromatic nitrogens is 5. The van der Waals surface area contributed by atoms with E-state index >= 15 is 0 Å². The fourth-order valence-corrected chi connectivity index (χ4v) is 6.39. The van der Waals surface area contributed by atoms with Crippen LogP contribution in [-0.4, -0.2) is 30.7 Å². The number of hydrogen-bond acceptors (Lipinski definition) is 10. The third-order valence-electron chi connectivity index (χ3n) is 8.01. The highest BCUT2D eigenvalue weighted by Crippen LogP contribution is 2.32. The van der Waals surface area contributed by atoms with Crippen molar-refractivity contribution in [3.05, 3.63) is 205 Å². The van der Waals surface area contributed by atoms with Gasteiger partial charge in [0.1, 0.15) is 28.8 Å². The van der Waals surface area contributed by atoms with Crippen LogP contribution in [0.5, 0.6) is 0 Å². The molecular weight excluding hydrogens is 1070 g/mol. The van der Waals surface area contributed by atoms with E-state index in [2.05, 4.69) is 78.0 Å². The number of pyridine rings is 5. The molecule has 7 rings (SSSR count). The van der Waals surface area contributed by atoms with Gasteiger partial charge in [0, 0.05) is 80.7 Å². The van der Waals surface area contributed by atoms with Gasteiger partial charge in [0.25, 0.3) is 17.8 Å². The molecule has 0 spiro atoms. The summed E-state index contributed by atoms with van der Waals surface area (Å²) in [5.74, 6) is -8.79. The second-order valence-electron chi connectivity index (χ2n) is 13.7. The number of anilines is 2. The highest BCUT2D eigenvalue weighted by atomic mass is 79.9. The molecule has 19 heteroatoms. The minimum Gasteiger partial charge on any atom is -0.397 e. The van der Waals surface area contributed by atoms with Crippen molar-refractivity contribution in [2.45, 2.75) is 58.6 Å². The topological polar surface area (TPSA) is 169 Å². The third kappa shape index (κ3) is 21.9. The van der Waals surface area contributed by atoms with Crippen molar-refractivity contribution in [1.82, 2.24) is 24.9 Å². The van der Waals surface area contributed by atoms with Crippen molar-refractivity contribution in [2.75, 3.05) is 11.1 Å². The summed E-state index contributed by atoms with van der Waals surface area (Å²) in [5.41, 5.74) is 13.3. The van der Waals surface area contributed by atoms with Gasteiger partial charge in [-0.15, -0.1) is 0 Å². The van der Waals surface area contributed by atoms with Crippen LogP contribution in [0.25, 0.3) is 0 Å². The number of nitrogens with zero attached hydrogens (tertiary/aromatic N) is 6. The van der Waals surface area contributed by atoms with Gasteiger partial charge < -0.3 is 16.8 Å². The maximum absolute atomic E-state index is 13.3. The zero-order valence-corrected chi connectivity index (χ0v) is 41.3. The van der Waals surface area contributed by atoms with Crippen molar-refractivity contribution in [2.24, 2.45) is 5.73 Å². The molecule has 5 N–H and O–H groups in total. The molecule has 0 amide bonds. The summed E-state index contributed by atoms with van der Waals surface area (Å²) in [5, 5.41) is 11.4. The predicted octanol–water partition coefficient (Wildman–Crippen LogP) is 13.4. The maximum Gasteiger partial charge on any atom is 0.289 e. The molecule has 2 aromatic carbocycles. The molecule has 352 valence electrons. The summed E-state index contributed by atoms with van der Waals surface area (Å²) in [6, 6.07) is 38.0. The molecular formula is C48H46Br3F6N9O. The number of nitrogens with two attached hydrogens (primary N) is 2. The van der Waals surface area contributed by atoms with Crippen molar-refractivity contribution >= 4 is 64.9 Å². The van der Waals surface area contributed by atoms with Gasteiger partial charge in [-0.25, -0.2) is 4.98 Å². The molecule has 0 unspecified atom stereocenters. The van der Waals surface area contributed by atoms with E-state index in [9.17, 15) is 31.1 Å². The number of hydrogen-bond donors (Lipinski definition) is 3. The number of nitriles is 1. The quantitative estimate of drug-likeness (QED) is 0.0983. The first-order chi connectivity index (χ1) is 31.6. The Hall–Kier alpha value is -6.07. The van der Waals surface area contributed by atoms with E-state index in [0.717, 1.165) is 35.3 Å². The molecule has 0 atom stereocenters. The molecule has 67 heavy (non-hydrogen) atoms. The minimum atomic E-state index is -2.95. The number of alkyl halides is 6. The van der Waals surface area contributed by atoms with Gasteiger partial charge in [0.15, 0.2) is 11.5 Å². The number of nitrogens with one attached hydrogen (secondary N) is 1. The van der Waals surface area contributed by atoms with Crippen LogP contribution in [0.1, 0.15) is 72.1 Å². The Balaban J connectivity index is 0.000000283. The van der Waals surface area contributed by atoms with Crippen LogP contribution in [-0.2, 0) is 30.9 Å². The summed E-state index contributed by atoms with van der Waals surface area (Å²) < 4.78 is 78.9. The highest BCUT2D eigenvalue weighted by molar-refractivity contribution is 9.11. The summed E-state index contributed by atoms with van der Waals surface area (Å²) in [7, 11) is 0. The first-order valence-electron chi connectivity index (χ1n) is 19.6. The lowest BCUT2D eigenvalue weighted by Gasteiger charge is -2.15. The number of benzene rings is 2. The number of carbonyl (C=O) groups excluding carboxylic acids is 1. The molecule has 5 heterocycles. The Morgan fingerprint density at radius 3 is 1.39 bits per heavy atom. The fourth-order valence-electron chi connectivity index (χ4n) is 4.91. The van der Waals surface area contributed by atoms with Crippen LogP contribution < -0.4 is 16.8 Å². The number of halogens is 9. The summed E-state index contributed by atoms with van der Waals surface area (Å²) in [6.07, 6.45) is 7.20. The molecule has 0 radical (unpaired) electrons. The molecule has 0 aliphatic rings. The van der Waals surface area contributed by atoms with Crippen LogP contribution >= 0.6 is 47.8 Å². The smallest absolute Gasteiger partial charge is 0.289 e. The van der Waals surface area contributed by atoms with Gasteiger partial charge in [0.2, 0.25) is 0 Å². The Kier molecular flexibility index (Phi) is 24.6. The van der Waals surface area contributed by atoms with Gasteiger partial charge in [0.05, 0.1) is 15.8 Å². The molecule has 0 aliphatic heterocycles. The zero-order chi connectivity index (χ0) is 50.0. The van der Waals surface area contributed by atoms with Gasteiger partial charge in [-0.05, 0) is 120 Å². The normalized spacial score (nSPS) is 10.5. The lowest BCUT2D eigenvalue weighted by molar-refractivity contribution is 0.0116. The van der Waals surface area contributed by atoms with Crippen LogP contribution in [0, 0.1) is 11.3 Å². The Morgan fingerprint density at radius 1 is 0.582 bits per heavy atom. The number of rotatable bonds is 8. The minimum absolute atomic E-state index is 0.0209. The summed E-state index contributed by atoms with van der Waals surface area (Å²) in [4.78, 5) is 29.2. The number of carbonyl (C=O) groups is 1. The molecule has 0 saturated carbocycles. The molecule has 0 fully saturated rings. The average Bonchev–Trinajstić information content (AvgIpc) is 3.29. The average molecular weight is 1120 g/mol. The van der Waals surface area contributed by atoms with Gasteiger partial charge in [-0.1, -0.05) is 60.7 Å². The monoisotopic (exact) mass is 1120 g/mol. The van der Waals surface area contributed by atoms with E-state index in [1.54, 1.807) is 60.9 Å². The second-order valence-corrected chi connectivity index (χ2v) is 16.3. The van der Waals surface area contributed by atoms with E-state index in [1.165, 1.54) is 43.2 Å². The number of Topliss-reactive ketones (excluding diaryl/α,β-unsaturated/α-hetero) is 1. The zero-order valence-electron chi connectivity index (χ0n) is 36.5. The molecule has 7 aromatic rings. The van der Waals surface area contributed by atoms with Gasteiger partial charge in [-0.3, -0.25) is 24.7 Å². The van der Waals surface area contributed by atoms with E-state index in [-0.39, 0.29) is 28.6 Å². The Morgan fingerprint density at radius 2 is 1.01 bits per heavy atom. The lowest BCUT2D eigenvalue weighted by atomic mass is 10.2. The maximum atomic E-state index is 13.3. The molecule has 10 nitrogen and oxygen atoms in total. The summed E-state index contributed by atoms with van der Waals surface area (Å²) >= 11 is 9.37. The van der Waals surface area contributed by atoms with Crippen molar-refractivity contribution in [1.29, 1.82) is 5.26 Å². The molecule has 0 bridgehead atoms. The first-order valence-corrected chi connectivity index (χ1v) is 22.0. The third-order valence-corrected chi connectivity index (χ3v) is 9.93. The van der Waals surface area contributed by atoms with Gasteiger partial charge >= 0.3 is 0 Å². The van der Waals surface area contributed by atoms with E-state index < -0.39 is 17.8 Å². The Bertz CT molecular complexity index is 2540. The van der Waals surface area contributed by atoms with E-state index in [0.29, 0.717) is 34.6 Å². The second kappa shape index (κ2) is 28.9. The predicted molar refractivity (Wildman–Crippen MR) is 260 cm³/mol. The first kappa shape index (κ1) is 57.1. The fraction of sp³-hybridized carbons (Fsp3) is 0.188. The SMILES string of the molecule is CC(=O)c1ncccc1Br.CC(F)(F)c1ncccc1Br.CC(F)(F)c1ncccc1N.CC(F)(F)c1ncccc1NCc1ccccc1.N#Cc1ncccc1Br.NCc1ccccc1. The van der Waals surface area contributed by atoms with Crippen LogP contribution in [0.3, 0.4) is 0 Å². The van der Waals surface area contributed by atoms with Crippen molar-refractivity contribution < 1.29 is 31.1 Å². The molecule has 0 aliphatic carbocycles. The van der Waals surface area contributed by atoms with Crippen molar-refractivity contribution in [3.63, 3.8) is 0 Å². The van der Waals surface area contributed by atoms with Gasteiger partial charge in [-0.2, -0.15) is 31.6 Å². The van der Waals surface area contributed by atoms with Crippen LogP contribution in [0.15, 0.2) is 166 Å². The highest BCUT2D eigenvalue weighted by Gasteiger charge is 2.30. The number of ketones is 1. The van der Waals surface area contributed by atoms with Crippen LogP contribution in [0.2, 0.25) is 0 Å². The lowest BCUT2D eigenvalue weighted by Crippen LogP contribution is -2.14. The number of nitrogen functional groups attached to an aromatic ring is 1. The van der Waals surface area contributed by atoms with Crippen molar-refractivity contribution in [3.8, 4) is 6.07 Å².